The lowest BCUT2D eigenvalue weighted by Gasteiger charge is -2.07. The van der Waals surface area contributed by atoms with Gasteiger partial charge >= 0.3 is 0 Å². The van der Waals surface area contributed by atoms with Crippen molar-refractivity contribution in [1.82, 2.24) is 25.1 Å². The molecule has 0 fully saturated rings. The third-order valence-electron chi connectivity index (χ3n) is 4.20. The number of rotatable bonds is 4. The molecule has 0 saturated heterocycles. The molecule has 6 heteroatoms. The summed E-state index contributed by atoms with van der Waals surface area (Å²) in [5.74, 6) is -0.108. The Balaban J connectivity index is 1.52. The van der Waals surface area contributed by atoms with Gasteiger partial charge in [0.15, 0.2) is 0 Å². The molecule has 3 aromatic heterocycles. The molecule has 0 saturated carbocycles. The molecule has 6 nitrogen and oxygen atoms in total. The Morgan fingerprint density at radius 1 is 1.24 bits per heavy atom. The van der Waals surface area contributed by atoms with Crippen molar-refractivity contribution in [2.45, 2.75) is 6.54 Å². The number of carbonyl (C=O) groups is 1. The van der Waals surface area contributed by atoms with Crippen LogP contribution in [0.5, 0.6) is 0 Å². The third-order valence-corrected chi connectivity index (χ3v) is 4.20. The summed E-state index contributed by atoms with van der Waals surface area (Å²) in [6.45, 7) is 0.414. The summed E-state index contributed by atoms with van der Waals surface area (Å²) in [5, 5.41) is 8.05. The molecule has 2 N–H and O–H groups in total. The van der Waals surface area contributed by atoms with Crippen LogP contribution >= 0.6 is 0 Å². The average Bonchev–Trinajstić information content (AvgIpc) is 3.26. The van der Waals surface area contributed by atoms with Gasteiger partial charge in [-0.3, -0.25) is 14.5 Å². The smallest absolute Gasteiger partial charge is 0.253 e. The van der Waals surface area contributed by atoms with Crippen LogP contribution in [0, 0.1) is 0 Å². The minimum atomic E-state index is -0.108. The Kier molecular flexibility index (Phi) is 3.78. The van der Waals surface area contributed by atoms with Gasteiger partial charge in [0, 0.05) is 54.8 Å². The Bertz CT molecular complexity index is 1050. The molecule has 0 bridgehead atoms. The van der Waals surface area contributed by atoms with E-state index < -0.39 is 0 Å². The summed E-state index contributed by atoms with van der Waals surface area (Å²) >= 11 is 0. The number of aromatic nitrogens is 4. The highest BCUT2D eigenvalue weighted by atomic mass is 16.1. The molecule has 25 heavy (non-hydrogen) atoms. The van der Waals surface area contributed by atoms with Gasteiger partial charge in [-0.15, -0.1) is 0 Å². The minimum absolute atomic E-state index is 0.108. The molecule has 4 aromatic rings. The van der Waals surface area contributed by atoms with E-state index in [1.165, 1.54) is 0 Å². The van der Waals surface area contributed by atoms with Gasteiger partial charge in [-0.2, -0.15) is 5.10 Å². The molecular formula is C19H17N5O. The van der Waals surface area contributed by atoms with Crippen molar-refractivity contribution in [2.24, 2.45) is 7.05 Å². The number of carbonyl (C=O) groups excluding carboxylic acids is 1. The SMILES string of the molecule is Cn1nccc1-c1cncc(CNC(=O)c2c[nH]c3ccccc23)c1. The van der Waals surface area contributed by atoms with E-state index in [-0.39, 0.29) is 5.91 Å². The second kappa shape index (κ2) is 6.24. The van der Waals surface area contributed by atoms with Crippen LogP contribution in [-0.2, 0) is 13.6 Å². The van der Waals surface area contributed by atoms with Gasteiger partial charge in [0.1, 0.15) is 0 Å². The molecule has 0 atom stereocenters. The van der Waals surface area contributed by atoms with Gasteiger partial charge in [-0.1, -0.05) is 18.2 Å². The number of para-hydroxylation sites is 1. The van der Waals surface area contributed by atoms with Crippen molar-refractivity contribution in [3.05, 3.63) is 72.3 Å². The van der Waals surface area contributed by atoms with Crippen LogP contribution in [0.4, 0.5) is 0 Å². The highest BCUT2D eigenvalue weighted by molar-refractivity contribution is 6.06. The summed E-state index contributed by atoms with van der Waals surface area (Å²) in [5.41, 5.74) is 4.49. The van der Waals surface area contributed by atoms with Gasteiger partial charge in [-0.05, 0) is 23.8 Å². The van der Waals surface area contributed by atoms with Crippen LogP contribution in [0.2, 0.25) is 0 Å². The Morgan fingerprint density at radius 3 is 2.96 bits per heavy atom. The van der Waals surface area contributed by atoms with E-state index in [0.29, 0.717) is 12.1 Å². The molecule has 124 valence electrons. The molecule has 0 aliphatic heterocycles. The highest BCUT2D eigenvalue weighted by Crippen LogP contribution is 2.19. The van der Waals surface area contributed by atoms with E-state index in [1.807, 2.05) is 43.4 Å². The van der Waals surface area contributed by atoms with Crippen LogP contribution in [0.15, 0.2) is 61.2 Å². The summed E-state index contributed by atoms with van der Waals surface area (Å²) in [4.78, 5) is 19.9. The molecule has 0 aliphatic carbocycles. The normalized spacial score (nSPS) is 10.9. The van der Waals surface area contributed by atoms with E-state index in [4.69, 9.17) is 0 Å². The Morgan fingerprint density at radius 2 is 2.12 bits per heavy atom. The number of fused-ring (bicyclic) bond motifs is 1. The molecule has 0 unspecified atom stereocenters. The van der Waals surface area contributed by atoms with E-state index >= 15 is 0 Å². The monoisotopic (exact) mass is 331 g/mol. The number of nitrogens with one attached hydrogen (secondary N) is 2. The molecule has 1 aromatic carbocycles. The fraction of sp³-hybridized carbons (Fsp3) is 0.105. The van der Waals surface area contributed by atoms with Crippen LogP contribution < -0.4 is 5.32 Å². The van der Waals surface area contributed by atoms with Crippen molar-refractivity contribution in [1.29, 1.82) is 0 Å². The van der Waals surface area contributed by atoms with Crippen LogP contribution in [0.25, 0.3) is 22.2 Å². The second-order valence-electron chi connectivity index (χ2n) is 5.85. The largest absolute Gasteiger partial charge is 0.360 e. The summed E-state index contributed by atoms with van der Waals surface area (Å²) in [6.07, 6.45) is 7.04. The first-order valence-electron chi connectivity index (χ1n) is 7.99. The lowest BCUT2D eigenvalue weighted by Crippen LogP contribution is -2.22. The number of pyridine rings is 1. The van der Waals surface area contributed by atoms with Crippen molar-refractivity contribution in [2.75, 3.05) is 0 Å². The summed E-state index contributed by atoms with van der Waals surface area (Å²) in [7, 11) is 1.89. The molecule has 1 amide bonds. The van der Waals surface area contributed by atoms with Gasteiger partial charge < -0.3 is 10.3 Å². The molecule has 0 spiro atoms. The lowest BCUT2D eigenvalue weighted by molar-refractivity contribution is 0.0952. The predicted molar refractivity (Wildman–Crippen MR) is 95.9 cm³/mol. The van der Waals surface area contributed by atoms with E-state index in [1.54, 1.807) is 29.5 Å². The first-order chi connectivity index (χ1) is 12.2. The fourth-order valence-electron chi connectivity index (χ4n) is 2.92. The number of nitrogens with zero attached hydrogens (tertiary/aromatic N) is 3. The molecule has 3 heterocycles. The number of H-pyrrole nitrogens is 1. The lowest BCUT2D eigenvalue weighted by atomic mass is 10.1. The van der Waals surface area contributed by atoms with E-state index in [0.717, 1.165) is 27.7 Å². The van der Waals surface area contributed by atoms with Gasteiger partial charge in [0.2, 0.25) is 0 Å². The first kappa shape index (κ1) is 15.1. The average molecular weight is 331 g/mol. The van der Waals surface area contributed by atoms with Crippen LogP contribution in [0.3, 0.4) is 0 Å². The third kappa shape index (κ3) is 2.89. The van der Waals surface area contributed by atoms with Crippen LogP contribution in [0.1, 0.15) is 15.9 Å². The van der Waals surface area contributed by atoms with Crippen molar-refractivity contribution >= 4 is 16.8 Å². The first-order valence-corrected chi connectivity index (χ1v) is 7.99. The van der Waals surface area contributed by atoms with E-state index in [9.17, 15) is 4.79 Å². The number of aromatic amines is 1. The van der Waals surface area contributed by atoms with Crippen molar-refractivity contribution in [3.63, 3.8) is 0 Å². The zero-order valence-electron chi connectivity index (χ0n) is 13.7. The van der Waals surface area contributed by atoms with Gasteiger partial charge in [-0.25, -0.2) is 0 Å². The summed E-state index contributed by atoms with van der Waals surface area (Å²) < 4.78 is 1.80. The molecule has 4 rings (SSSR count). The number of hydrogen-bond donors (Lipinski definition) is 2. The maximum Gasteiger partial charge on any atom is 0.253 e. The highest BCUT2D eigenvalue weighted by Gasteiger charge is 2.11. The zero-order chi connectivity index (χ0) is 17.2. The van der Waals surface area contributed by atoms with Crippen LogP contribution in [-0.4, -0.2) is 25.7 Å². The van der Waals surface area contributed by atoms with Gasteiger partial charge in [0.05, 0.1) is 11.3 Å². The minimum Gasteiger partial charge on any atom is -0.360 e. The topological polar surface area (TPSA) is 75.6 Å². The van der Waals surface area contributed by atoms with E-state index in [2.05, 4.69) is 20.4 Å². The Hall–Kier alpha value is -3.41. The number of hydrogen-bond acceptors (Lipinski definition) is 3. The molecule has 0 aliphatic rings. The maximum absolute atomic E-state index is 12.5. The molecule has 0 radical (unpaired) electrons. The van der Waals surface area contributed by atoms with Gasteiger partial charge in [0.25, 0.3) is 5.91 Å². The zero-order valence-corrected chi connectivity index (χ0v) is 13.7. The quantitative estimate of drug-likeness (QED) is 0.604. The second-order valence-corrected chi connectivity index (χ2v) is 5.85. The maximum atomic E-state index is 12.5. The number of aryl methyl sites for hydroxylation is 1. The molecular weight excluding hydrogens is 314 g/mol. The van der Waals surface area contributed by atoms with Crippen molar-refractivity contribution < 1.29 is 4.79 Å². The van der Waals surface area contributed by atoms with Crippen molar-refractivity contribution in [3.8, 4) is 11.3 Å². The fourth-order valence-corrected chi connectivity index (χ4v) is 2.92. The number of benzene rings is 1. The Labute approximate surface area is 144 Å². The predicted octanol–water partition coefficient (Wildman–Crippen LogP) is 2.89. The standard InChI is InChI=1S/C19H17N5O/c1-24-18(6-7-23-24)14-8-13(9-20-11-14)10-22-19(25)16-12-21-17-5-3-2-4-15(16)17/h2-9,11-12,21H,10H2,1H3,(H,22,25). The number of amides is 1. The summed E-state index contributed by atoms with van der Waals surface area (Å²) in [6, 6.07) is 11.7.